The molecule has 2 aliphatic rings. The molecule has 0 aromatic carbocycles. The number of carbonyl (C=O) groups excluding carboxylic acids is 3. The van der Waals surface area contributed by atoms with Crippen LogP contribution in [0, 0.1) is 17.8 Å². The van der Waals surface area contributed by atoms with Gasteiger partial charge in [0.1, 0.15) is 5.78 Å². The second-order valence-corrected chi connectivity index (χ2v) is 6.86. The first-order chi connectivity index (χ1) is 9.68. The van der Waals surface area contributed by atoms with Gasteiger partial charge in [-0.25, -0.2) is 0 Å². The van der Waals surface area contributed by atoms with Crippen LogP contribution in [0.3, 0.4) is 0 Å². The van der Waals surface area contributed by atoms with Crippen molar-refractivity contribution in [1.82, 2.24) is 5.32 Å². The summed E-state index contributed by atoms with van der Waals surface area (Å²) in [5.74, 6) is -1.86. The minimum absolute atomic E-state index is 0.0411. The Balaban J connectivity index is 2.01. The van der Waals surface area contributed by atoms with Crippen LogP contribution in [-0.4, -0.2) is 39.5 Å². The van der Waals surface area contributed by atoms with E-state index in [9.17, 15) is 24.6 Å². The average Bonchev–Trinajstić information content (AvgIpc) is 2.31. The topological polar surface area (TPSA) is 104 Å². The van der Waals surface area contributed by atoms with Crippen LogP contribution in [0.4, 0.5) is 0 Å². The van der Waals surface area contributed by atoms with Gasteiger partial charge in [-0.1, -0.05) is 6.92 Å². The van der Waals surface area contributed by atoms with Crippen LogP contribution in [0.1, 0.15) is 46.0 Å². The van der Waals surface area contributed by atoms with Gasteiger partial charge >= 0.3 is 0 Å². The number of aliphatic hydroxyl groups is 2. The predicted octanol–water partition coefficient (Wildman–Crippen LogP) is 0.156. The highest BCUT2D eigenvalue weighted by Crippen LogP contribution is 2.37. The molecule has 2 amide bonds. The van der Waals surface area contributed by atoms with Crippen molar-refractivity contribution < 1.29 is 24.6 Å². The van der Waals surface area contributed by atoms with Crippen molar-refractivity contribution in [2.45, 2.75) is 57.7 Å². The molecule has 0 radical (unpaired) electrons. The molecule has 1 saturated heterocycles. The van der Waals surface area contributed by atoms with Gasteiger partial charge in [0.05, 0.1) is 11.7 Å². The number of aliphatic hydroxyl groups excluding tert-OH is 1. The van der Waals surface area contributed by atoms with Gasteiger partial charge in [0, 0.05) is 24.7 Å². The van der Waals surface area contributed by atoms with Crippen LogP contribution in [0.5, 0.6) is 0 Å². The Kier molecular flexibility index (Phi) is 4.49. The fourth-order valence-corrected chi connectivity index (χ4v) is 3.64. The quantitative estimate of drug-likeness (QED) is 0.644. The molecule has 2 rings (SSSR count). The molecule has 6 nitrogen and oxygen atoms in total. The summed E-state index contributed by atoms with van der Waals surface area (Å²) in [5, 5.41) is 22.8. The van der Waals surface area contributed by atoms with Crippen molar-refractivity contribution in [3.05, 3.63) is 0 Å². The summed E-state index contributed by atoms with van der Waals surface area (Å²) in [6.07, 6.45) is 0.322. The highest BCUT2D eigenvalue weighted by atomic mass is 16.3. The number of hydrogen-bond donors (Lipinski definition) is 3. The second kappa shape index (κ2) is 5.85. The molecule has 0 spiro atoms. The molecule has 118 valence electrons. The van der Waals surface area contributed by atoms with Crippen LogP contribution in [-0.2, 0) is 14.4 Å². The number of carbonyl (C=O) groups is 3. The Morgan fingerprint density at radius 3 is 2.38 bits per heavy atom. The lowest BCUT2D eigenvalue weighted by atomic mass is 9.69. The number of hydrogen-bond acceptors (Lipinski definition) is 5. The number of rotatable bonds is 3. The third-order valence-electron chi connectivity index (χ3n) is 4.52. The maximum Gasteiger partial charge on any atom is 0.226 e. The number of ketones is 1. The molecular weight excluding hydrogens is 274 g/mol. The Labute approximate surface area is 123 Å². The van der Waals surface area contributed by atoms with Gasteiger partial charge in [0.25, 0.3) is 0 Å². The highest BCUT2D eigenvalue weighted by Gasteiger charge is 2.43. The van der Waals surface area contributed by atoms with Gasteiger partial charge < -0.3 is 10.2 Å². The SMILES string of the molecule is C[C@@H]1C[C@](C)(O)C[C@H]([C@H](O)CC2CC(=O)NC(=O)C2)C1=O. The maximum absolute atomic E-state index is 12.2. The van der Waals surface area contributed by atoms with E-state index in [1.165, 1.54) is 0 Å². The van der Waals surface area contributed by atoms with Gasteiger partial charge in [0.2, 0.25) is 11.8 Å². The lowest BCUT2D eigenvalue weighted by Crippen LogP contribution is -2.47. The second-order valence-electron chi connectivity index (χ2n) is 6.86. The maximum atomic E-state index is 12.2. The first-order valence-corrected chi connectivity index (χ1v) is 7.45. The molecule has 4 atom stereocenters. The molecule has 6 heteroatoms. The van der Waals surface area contributed by atoms with Crippen molar-refractivity contribution in [2.24, 2.45) is 17.8 Å². The van der Waals surface area contributed by atoms with E-state index >= 15 is 0 Å². The van der Waals surface area contributed by atoms with Gasteiger partial charge in [0.15, 0.2) is 0 Å². The number of amides is 2. The summed E-state index contributed by atoms with van der Waals surface area (Å²) in [6.45, 7) is 3.43. The molecule has 0 aromatic heterocycles. The summed E-state index contributed by atoms with van der Waals surface area (Å²) < 4.78 is 0. The zero-order valence-electron chi connectivity index (χ0n) is 12.5. The molecule has 2 fully saturated rings. The van der Waals surface area contributed by atoms with E-state index in [4.69, 9.17) is 0 Å². The molecule has 1 saturated carbocycles. The molecular formula is C15H23NO5. The third kappa shape index (κ3) is 3.89. The zero-order valence-corrected chi connectivity index (χ0v) is 12.5. The first kappa shape index (κ1) is 16.1. The summed E-state index contributed by atoms with van der Waals surface area (Å²) >= 11 is 0. The van der Waals surface area contributed by atoms with Gasteiger partial charge in [-0.15, -0.1) is 0 Å². The smallest absolute Gasteiger partial charge is 0.226 e. The molecule has 0 unspecified atom stereocenters. The van der Waals surface area contributed by atoms with Crippen LogP contribution in [0.2, 0.25) is 0 Å². The van der Waals surface area contributed by atoms with Crippen molar-refractivity contribution in [3.8, 4) is 0 Å². The number of imide groups is 1. The van der Waals surface area contributed by atoms with E-state index in [1.54, 1.807) is 13.8 Å². The van der Waals surface area contributed by atoms with Crippen LogP contribution in [0.25, 0.3) is 0 Å². The minimum Gasteiger partial charge on any atom is -0.392 e. The molecule has 3 N–H and O–H groups in total. The van der Waals surface area contributed by atoms with Gasteiger partial charge in [-0.05, 0) is 32.1 Å². The standard InChI is InChI=1S/C15H23NO5/c1-8-6-15(2,21)7-10(14(8)20)11(17)3-9-4-12(18)16-13(19)5-9/h8-11,17,21H,3-7H2,1-2H3,(H,16,18,19)/t8-,10-,11-,15+/m1/s1. The Morgan fingerprint density at radius 2 is 1.81 bits per heavy atom. The molecule has 1 aliphatic carbocycles. The normalized spacial score (nSPS) is 36.5. The van der Waals surface area contributed by atoms with E-state index in [0.29, 0.717) is 6.42 Å². The van der Waals surface area contributed by atoms with E-state index in [0.717, 1.165) is 0 Å². The van der Waals surface area contributed by atoms with Crippen molar-refractivity contribution in [3.63, 3.8) is 0 Å². The Bertz CT molecular complexity index is 443. The lowest BCUT2D eigenvalue weighted by Gasteiger charge is -2.39. The molecule has 1 heterocycles. The molecule has 1 aliphatic heterocycles. The van der Waals surface area contributed by atoms with Gasteiger partial charge in [-0.2, -0.15) is 0 Å². The number of piperidine rings is 1. The third-order valence-corrected chi connectivity index (χ3v) is 4.52. The molecule has 21 heavy (non-hydrogen) atoms. The largest absolute Gasteiger partial charge is 0.392 e. The van der Waals surface area contributed by atoms with E-state index in [1.807, 2.05) is 0 Å². The zero-order chi connectivity index (χ0) is 15.8. The highest BCUT2D eigenvalue weighted by molar-refractivity contribution is 5.97. The minimum atomic E-state index is -0.960. The van der Waals surface area contributed by atoms with Gasteiger partial charge in [-0.3, -0.25) is 19.7 Å². The first-order valence-electron chi connectivity index (χ1n) is 7.45. The van der Waals surface area contributed by atoms with Crippen molar-refractivity contribution in [1.29, 1.82) is 0 Å². The summed E-state index contributed by atoms with van der Waals surface area (Å²) in [4.78, 5) is 34.9. The van der Waals surface area contributed by atoms with Crippen LogP contribution < -0.4 is 5.32 Å². The average molecular weight is 297 g/mol. The van der Waals surface area contributed by atoms with E-state index in [-0.39, 0.29) is 55.1 Å². The summed E-state index contributed by atoms with van der Waals surface area (Å²) in [5.41, 5.74) is -0.960. The van der Waals surface area contributed by atoms with Crippen LogP contribution >= 0.6 is 0 Å². The fraction of sp³-hybridized carbons (Fsp3) is 0.800. The molecule has 0 aromatic rings. The van der Waals surface area contributed by atoms with E-state index < -0.39 is 17.6 Å². The van der Waals surface area contributed by atoms with Crippen molar-refractivity contribution >= 4 is 17.6 Å². The fourth-order valence-electron chi connectivity index (χ4n) is 3.64. The monoisotopic (exact) mass is 297 g/mol. The Hall–Kier alpha value is -1.27. The predicted molar refractivity (Wildman–Crippen MR) is 74.0 cm³/mol. The lowest BCUT2D eigenvalue weighted by molar-refractivity contribution is -0.143. The molecule has 0 bridgehead atoms. The Morgan fingerprint density at radius 1 is 1.24 bits per heavy atom. The van der Waals surface area contributed by atoms with Crippen molar-refractivity contribution in [2.75, 3.05) is 0 Å². The summed E-state index contributed by atoms with van der Waals surface area (Å²) in [7, 11) is 0. The number of nitrogens with one attached hydrogen (secondary N) is 1. The van der Waals surface area contributed by atoms with Crippen LogP contribution in [0.15, 0.2) is 0 Å². The number of Topliss-reactive ketones (excluding diaryl/α,β-unsaturated/α-hetero) is 1. The van der Waals surface area contributed by atoms with E-state index in [2.05, 4.69) is 5.32 Å². The summed E-state index contributed by atoms with van der Waals surface area (Å²) in [6, 6.07) is 0.